The van der Waals surface area contributed by atoms with Gasteiger partial charge in [0, 0.05) is 17.7 Å². The molecule has 4 nitrogen and oxygen atoms in total. The fraction of sp³-hybridized carbons (Fsp3) is 0.167. The van der Waals surface area contributed by atoms with Crippen LogP contribution in [0, 0.1) is 11.6 Å². The van der Waals surface area contributed by atoms with E-state index < -0.39 is 23.7 Å². The highest BCUT2D eigenvalue weighted by Gasteiger charge is 2.25. The lowest BCUT2D eigenvalue weighted by molar-refractivity contribution is 0.0697. The number of carboxylic acids is 1. The van der Waals surface area contributed by atoms with E-state index in [9.17, 15) is 13.6 Å². The summed E-state index contributed by atoms with van der Waals surface area (Å²) in [4.78, 5) is 11.2. The zero-order chi connectivity index (χ0) is 17.4. The van der Waals surface area contributed by atoms with Crippen molar-refractivity contribution in [3.8, 4) is 11.5 Å². The van der Waals surface area contributed by atoms with Gasteiger partial charge in [0.05, 0.1) is 18.2 Å². The first-order chi connectivity index (χ1) is 11.4. The average molecular weight is 332 g/mol. The van der Waals surface area contributed by atoms with E-state index in [1.165, 1.54) is 25.3 Å². The summed E-state index contributed by atoms with van der Waals surface area (Å²) in [5.41, 5.74) is 0.349. The highest BCUT2D eigenvalue weighted by atomic mass is 19.1. The molecule has 0 aromatic heterocycles. The van der Waals surface area contributed by atoms with Crippen LogP contribution >= 0.6 is 0 Å². The van der Waals surface area contributed by atoms with Crippen LogP contribution in [0.4, 0.5) is 8.78 Å². The Labute approximate surface area is 136 Å². The molecule has 24 heavy (non-hydrogen) atoms. The van der Waals surface area contributed by atoms with Crippen LogP contribution in [0.2, 0.25) is 0 Å². The van der Waals surface area contributed by atoms with Gasteiger partial charge in [0.25, 0.3) is 0 Å². The smallest absolute Gasteiger partial charge is 0.335 e. The minimum absolute atomic E-state index is 0.00660. The van der Waals surface area contributed by atoms with E-state index >= 15 is 0 Å². The molecule has 1 aliphatic rings. The van der Waals surface area contributed by atoms with Crippen molar-refractivity contribution < 1.29 is 28.2 Å². The van der Waals surface area contributed by atoms with Crippen molar-refractivity contribution in [2.45, 2.75) is 13.0 Å². The van der Waals surface area contributed by atoms with Crippen LogP contribution in [-0.2, 0) is 0 Å². The fourth-order valence-electron chi connectivity index (χ4n) is 2.68. The maximum absolute atomic E-state index is 14.4. The van der Waals surface area contributed by atoms with Gasteiger partial charge >= 0.3 is 5.97 Å². The molecule has 1 N–H and O–H groups in total. The lowest BCUT2D eigenvalue weighted by Gasteiger charge is -2.24. The first-order valence-electron chi connectivity index (χ1n) is 7.20. The van der Waals surface area contributed by atoms with Crippen LogP contribution in [0.5, 0.6) is 11.5 Å². The molecule has 0 amide bonds. The Balaban J connectivity index is 2.22. The number of ether oxygens (including phenoxy) is 2. The Kier molecular flexibility index (Phi) is 3.97. The van der Waals surface area contributed by atoms with Crippen LogP contribution in [0.1, 0.15) is 28.4 Å². The van der Waals surface area contributed by atoms with Gasteiger partial charge in [-0.05, 0) is 36.8 Å². The first-order valence-corrected chi connectivity index (χ1v) is 7.20. The Morgan fingerprint density at radius 1 is 1.21 bits per heavy atom. The minimum Gasteiger partial charge on any atom is -0.497 e. The van der Waals surface area contributed by atoms with Gasteiger partial charge in [-0.15, -0.1) is 0 Å². The molecule has 1 aliphatic heterocycles. The van der Waals surface area contributed by atoms with Gasteiger partial charge in [-0.25, -0.2) is 13.6 Å². The van der Waals surface area contributed by atoms with Gasteiger partial charge in [0.15, 0.2) is 0 Å². The number of carboxylic acid groups (broad SMARTS) is 1. The maximum atomic E-state index is 14.4. The molecule has 124 valence electrons. The van der Waals surface area contributed by atoms with Gasteiger partial charge in [0.1, 0.15) is 29.2 Å². The second kappa shape index (κ2) is 5.96. The maximum Gasteiger partial charge on any atom is 0.335 e. The number of hydrogen-bond acceptors (Lipinski definition) is 3. The van der Waals surface area contributed by atoms with Crippen molar-refractivity contribution in [3.63, 3.8) is 0 Å². The third kappa shape index (κ3) is 2.71. The number of methoxy groups -OCH3 is 1. The van der Waals surface area contributed by atoms with Gasteiger partial charge in [0.2, 0.25) is 0 Å². The predicted octanol–water partition coefficient (Wildman–Crippen LogP) is 3.88. The number of rotatable bonds is 3. The van der Waals surface area contributed by atoms with Gasteiger partial charge in [-0.1, -0.05) is 0 Å². The van der Waals surface area contributed by atoms with Crippen LogP contribution in [0.25, 0.3) is 5.57 Å². The molecular formula is C18H14F2O4. The molecule has 0 radical (unpaired) electrons. The molecule has 0 bridgehead atoms. The predicted molar refractivity (Wildman–Crippen MR) is 83.5 cm³/mol. The van der Waals surface area contributed by atoms with E-state index in [2.05, 4.69) is 0 Å². The van der Waals surface area contributed by atoms with Crippen molar-refractivity contribution in [3.05, 3.63) is 64.7 Å². The van der Waals surface area contributed by atoms with Crippen molar-refractivity contribution in [1.82, 2.24) is 0 Å². The molecule has 0 fully saturated rings. The van der Waals surface area contributed by atoms with Gasteiger partial charge in [-0.3, -0.25) is 0 Å². The van der Waals surface area contributed by atoms with E-state index in [1.54, 1.807) is 13.0 Å². The molecule has 2 aromatic carbocycles. The van der Waals surface area contributed by atoms with Crippen LogP contribution < -0.4 is 9.47 Å². The number of fused-ring (bicyclic) bond motifs is 1. The summed E-state index contributed by atoms with van der Waals surface area (Å²) in [5.74, 6) is -2.28. The largest absolute Gasteiger partial charge is 0.497 e. The van der Waals surface area contributed by atoms with Crippen molar-refractivity contribution in [2.75, 3.05) is 7.11 Å². The second-order valence-corrected chi connectivity index (χ2v) is 5.39. The number of hydrogen-bond donors (Lipinski definition) is 1. The molecule has 3 rings (SSSR count). The third-order valence-electron chi connectivity index (χ3n) is 3.75. The summed E-state index contributed by atoms with van der Waals surface area (Å²) in [5, 5.41) is 9.15. The third-order valence-corrected chi connectivity index (χ3v) is 3.75. The topological polar surface area (TPSA) is 55.8 Å². The SMILES string of the molecule is COc1cc(F)c(C2=CC(C)Oc3ccc(C(=O)O)cc32)c(F)c1. The summed E-state index contributed by atoms with van der Waals surface area (Å²) < 4.78 is 39.4. The molecule has 1 atom stereocenters. The van der Waals surface area contributed by atoms with Crippen molar-refractivity contribution in [1.29, 1.82) is 0 Å². The lowest BCUT2D eigenvalue weighted by Crippen LogP contribution is -2.17. The van der Waals surface area contributed by atoms with E-state index in [1.807, 2.05) is 0 Å². The highest BCUT2D eigenvalue weighted by Crippen LogP contribution is 2.39. The minimum atomic E-state index is -1.13. The molecule has 2 aromatic rings. The van der Waals surface area contributed by atoms with E-state index in [0.717, 1.165) is 12.1 Å². The number of halogens is 2. The molecule has 0 saturated carbocycles. The normalized spacial score (nSPS) is 16.0. The second-order valence-electron chi connectivity index (χ2n) is 5.39. The molecule has 0 aliphatic carbocycles. The Hall–Kier alpha value is -2.89. The summed E-state index contributed by atoms with van der Waals surface area (Å²) in [7, 11) is 1.32. The van der Waals surface area contributed by atoms with Crippen molar-refractivity contribution >= 4 is 11.5 Å². The Morgan fingerprint density at radius 3 is 2.46 bits per heavy atom. The van der Waals surface area contributed by atoms with Gasteiger partial charge in [-0.2, -0.15) is 0 Å². The van der Waals surface area contributed by atoms with Crippen LogP contribution in [0.3, 0.4) is 0 Å². The van der Waals surface area contributed by atoms with Gasteiger partial charge < -0.3 is 14.6 Å². The first kappa shape index (κ1) is 16.0. The lowest BCUT2D eigenvalue weighted by atomic mass is 9.91. The van der Waals surface area contributed by atoms with E-state index in [4.69, 9.17) is 14.6 Å². The number of carbonyl (C=O) groups is 1. The quantitative estimate of drug-likeness (QED) is 0.927. The van der Waals surface area contributed by atoms with Crippen molar-refractivity contribution in [2.24, 2.45) is 0 Å². The Bertz CT molecular complexity index is 835. The van der Waals surface area contributed by atoms with Crippen LogP contribution in [-0.4, -0.2) is 24.3 Å². The molecule has 1 heterocycles. The van der Waals surface area contributed by atoms with Crippen LogP contribution in [0.15, 0.2) is 36.4 Å². The summed E-state index contributed by atoms with van der Waals surface area (Å²) in [6.07, 6.45) is 1.14. The number of aromatic carboxylic acids is 1. The monoisotopic (exact) mass is 332 g/mol. The van der Waals surface area contributed by atoms with E-state index in [-0.39, 0.29) is 22.4 Å². The standard InChI is InChI=1S/C18H14F2O4/c1-9-5-13(17-14(19)7-11(23-2)8-15(17)20)12-6-10(18(21)22)3-4-16(12)24-9/h3-9H,1-2H3,(H,21,22). The zero-order valence-electron chi connectivity index (χ0n) is 13.0. The highest BCUT2D eigenvalue weighted by molar-refractivity contribution is 5.92. The molecule has 0 saturated heterocycles. The Morgan fingerprint density at radius 2 is 1.88 bits per heavy atom. The number of benzene rings is 2. The summed E-state index contributed by atoms with van der Waals surface area (Å²) >= 11 is 0. The summed E-state index contributed by atoms with van der Waals surface area (Å²) in [6, 6.07) is 6.39. The molecule has 0 spiro atoms. The summed E-state index contributed by atoms with van der Waals surface area (Å²) in [6.45, 7) is 1.73. The van der Waals surface area contributed by atoms with E-state index in [0.29, 0.717) is 11.3 Å². The molecular weight excluding hydrogens is 318 g/mol. The zero-order valence-corrected chi connectivity index (χ0v) is 13.0. The average Bonchev–Trinajstić information content (AvgIpc) is 2.53. The fourth-order valence-corrected chi connectivity index (χ4v) is 2.68. The molecule has 6 heteroatoms. The molecule has 1 unspecified atom stereocenters.